The summed E-state index contributed by atoms with van der Waals surface area (Å²) >= 11 is 1.47. The number of fused-ring (bicyclic) bond motifs is 1. The lowest BCUT2D eigenvalue weighted by molar-refractivity contribution is -0.138. The van der Waals surface area contributed by atoms with Gasteiger partial charge < -0.3 is 4.74 Å². The molecular formula is C24H23F3N6O2S. The molecule has 5 rings (SSSR count). The Morgan fingerprint density at radius 1 is 1.19 bits per heavy atom. The lowest BCUT2D eigenvalue weighted by Gasteiger charge is -2.19. The first-order chi connectivity index (χ1) is 17.2. The molecule has 1 aliphatic rings. The lowest BCUT2D eigenvalue weighted by Crippen LogP contribution is -2.17. The zero-order valence-electron chi connectivity index (χ0n) is 19.6. The summed E-state index contributed by atoms with van der Waals surface area (Å²) in [6.07, 6.45) is 3.45. The smallest absolute Gasteiger partial charge is 0.377 e. The van der Waals surface area contributed by atoms with Gasteiger partial charge in [0.05, 0.1) is 23.5 Å². The van der Waals surface area contributed by atoms with E-state index < -0.39 is 17.6 Å². The molecule has 0 bridgehead atoms. The van der Waals surface area contributed by atoms with E-state index >= 15 is 0 Å². The minimum absolute atomic E-state index is 0.00316. The van der Waals surface area contributed by atoms with Crippen molar-refractivity contribution in [2.45, 2.75) is 51.3 Å². The predicted octanol–water partition coefficient (Wildman–Crippen LogP) is 4.84. The summed E-state index contributed by atoms with van der Waals surface area (Å²) in [7, 11) is 1.64. The van der Waals surface area contributed by atoms with Gasteiger partial charge in [0.15, 0.2) is 5.82 Å². The fraction of sp³-hybridized carbons (Fsp3) is 0.417. The maximum absolute atomic E-state index is 13.7. The normalized spacial score (nSPS) is 14.9. The van der Waals surface area contributed by atoms with Crippen LogP contribution in [0.3, 0.4) is 0 Å². The van der Waals surface area contributed by atoms with Crippen LogP contribution < -0.4 is 0 Å². The molecular weight excluding hydrogens is 493 g/mol. The minimum atomic E-state index is -4.69. The van der Waals surface area contributed by atoms with Crippen molar-refractivity contribution >= 4 is 27.5 Å². The van der Waals surface area contributed by atoms with Crippen molar-refractivity contribution in [3.8, 4) is 5.82 Å². The van der Waals surface area contributed by atoms with Crippen molar-refractivity contribution in [3.05, 3.63) is 58.1 Å². The number of methoxy groups -OCH3 is 1. The molecule has 4 aromatic heterocycles. The Balaban J connectivity index is 1.43. The fourth-order valence-electron chi connectivity index (χ4n) is 4.32. The van der Waals surface area contributed by atoms with Gasteiger partial charge in [0.25, 0.3) is 0 Å². The number of rotatable bonds is 9. The zero-order valence-corrected chi connectivity index (χ0v) is 20.4. The van der Waals surface area contributed by atoms with Gasteiger partial charge in [0.1, 0.15) is 21.7 Å². The molecule has 0 amide bonds. The van der Waals surface area contributed by atoms with E-state index in [4.69, 9.17) is 4.74 Å². The quantitative estimate of drug-likeness (QED) is 0.314. The molecule has 0 saturated heterocycles. The highest BCUT2D eigenvalue weighted by Crippen LogP contribution is 2.42. The number of alkyl halides is 3. The number of pyridine rings is 2. The van der Waals surface area contributed by atoms with Crippen LogP contribution in [0.15, 0.2) is 30.9 Å². The van der Waals surface area contributed by atoms with Crippen LogP contribution in [0, 0.1) is 12.8 Å². The Kier molecular flexibility index (Phi) is 6.56. The highest BCUT2D eigenvalue weighted by atomic mass is 32.1. The van der Waals surface area contributed by atoms with E-state index in [2.05, 4.69) is 25.1 Å². The topological polar surface area (TPSA) is 95.7 Å². The monoisotopic (exact) mass is 516 g/mol. The standard InChI is InChI=1S/C24H23F3N6O2S/c1-13-32-21-20(19(35-2)9-14-3-4-14)16(12-29-23(21)36-13)10-17(34)7-15-8-18(24(25,26)27)22(28-11-15)33-30-5-6-31-33/h5-6,8,11-12,14,19H,3-4,7,9-10H2,1-2H3. The van der Waals surface area contributed by atoms with Crippen LogP contribution in [0.1, 0.15) is 52.6 Å². The van der Waals surface area contributed by atoms with Gasteiger partial charge in [0.2, 0.25) is 0 Å². The highest BCUT2D eigenvalue weighted by Gasteiger charge is 2.36. The van der Waals surface area contributed by atoms with Gasteiger partial charge in [-0.15, -0.1) is 4.80 Å². The first-order valence-corrected chi connectivity index (χ1v) is 12.3. The largest absolute Gasteiger partial charge is 0.420 e. The zero-order chi connectivity index (χ0) is 25.4. The van der Waals surface area contributed by atoms with Crippen molar-refractivity contribution in [2.75, 3.05) is 7.11 Å². The van der Waals surface area contributed by atoms with E-state index in [-0.39, 0.29) is 30.3 Å². The molecule has 12 heteroatoms. The number of hydrogen-bond donors (Lipinski definition) is 0. The first-order valence-electron chi connectivity index (χ1n) is 11.4. The van der Waals surface area contributed by atoms with Crippen LogP contribution in [-0.4, -0.2) is 42.8 Å². The number of carbonyl (C=O) groups excluding carboxylic acids is 1. The number of thiazole rings is 1. The van der Waals surface area contributed by atoms with E-state index in [1.165, 1.54) is 29.9 Å². The Hall–Kier alpha value is -3.25. The molecule has 4 heterocycles. The summed E-state index contributed by atoms with van der Waals surface area (Å²) in [4.78, 5) is 27.7. The van der Waals surface area contributed by atoms with Crippen LogP contribution in [0.2, 0.25) is 0 Å². The second-order valence-electron chi connectivity index (χ2n) is 8.91. The summed E-state index contributed by atoms with van der Waals surface area (Å²) in [5.41, 5.74) is 1.42. The number of aryl methyl sites for hydroxylation is 1. The van der Waals surface area contributed by atoms with Crippen LogP contribution in [0.5, 0.6) is 0 Å². The molecule has 1 atom stereocenters. The molecule has 1 fully saturated rings. The van der Waals surface area contributed by atoms with Crippen LogP contribution in [-0.2, 0) is 28.5 Å². The summed E-state index contributed by atoms with van der Waals surface area (Å²) < 4.78 is 47.0. The number of nitrogens with zero attached hydrogens (tertiary/aromatic N) is 6. The fourth-order valence-corrected chi connectivity index (χ4v) is 5.09. The molecule has 0 radical (unpaired) electrons. The second-order valence-corrected chi connectivity index (χ2v) is 10.1. The summed E-state index contributed by atoms with van der Waals surface area (Å²) in [5, 5.41) is 8.35. The number of halogens is 3. The molecule has 36 heavy (non-hydrogen) atoms. The summed E-state index contributed by atoms with van der Waals surface area (Å²) in [5.74, 6) is -0.121. The maximum Gasteiger partial charge on any atom is 0.420 e. The van der Waals surface area contributed by atoms with Gasteiger partial charge in [-0.1, -0.05) is 24.2 Å². The molecule has 0 spiro atoms. The third-order valence-electron chi connectivity index (χ3n) is 6.13. The van der Waals surface area contributed by atoms with Gasteiger partial charge in [0, 0.05) is 37.9 Å². The average Bonchev–Trinajstić information content (AvgIpc) is 3.31. The van der Waals surface area contributed by atoms with Crippen LogP contribution in [0.25, 0.3) is 16.2 Å². The minimum Gasteiger partial charge on any atom is -0.377 e. The van der Waals surface area contributed by atoms with Gasteiger partial charge in [-0.05, 0) is 36.5 Å². The van der Waals surface area contributed by atoms with E-state index in [1.54, 1.807) is 13.3 Å². The molecule has 0 aromatic carbocycles. The number of carbonyl (C=O) groups is 1. The molecule has 188 valence electrons. The van der Waals surface area contributed by atoms with Crippen molar-refractivity contribution in [2.24, 2.45) is 5.92 Å². The Morgan fingerprint density at radius 3 is 2.61 bits per heavy atom. The second kappa shape index (κ2) is 9.66. The summed E-state index contributed by atoms with van der Waals surface area (Å²) in [6.45, 7) is 1.90. The van der Waals surface area contributed by atoms with Gasteiger partial charge in [-0.25, -0.2) is 15.0 Å². The lowest BCUT2D eigenvalue weighted by atomic mass is 9.94. The number of Topliss-reactive ketones (excluding diaryl/α,β-unsaturated/α-hetero) is 1. The first kappa shape index (κ1) is 24.4. The third kappa shape index (κ3) is 5.14. The number of ether oxygens (including phenoxy) is 1. The van der Waals surface area contributed by atoms with Gasteiger partial charge >= 0.3 is 6.18 Å². The Morgan fingerprint density at radius 2 is 1.94 bits per heavy atom. The molecule has 4 aromatic rings. The van der Waals surface area contributed by atoms with Crippen LogP contribution >= 0.6 is 11.3 Å². The third-order valence-corrected chi connectivity index (χ3v) is 7.01. The number of ketones is 1. The van der Waals surface area contributed by atoms with Crippen molar-refractivity contribution in [1.29, 1.82) is 0 Å². The van der Waals surface area contributed by atoms with Crippen LogP contribution in [0.4, 0.5) is 13.2 Å². The molecule has 1 aliphatic carbocycles. The van der Waals surface area contributed by atoms with E-state index in [0.29, 0.717) is 11.5 Å². The summed E-state index contributed by atoms with van der Waals surface area (Å²) in [6, 6.07) is 0.931. The average molecular weight is 517 g/mol. The molecule has 1 saturated carbocycles. The van der Waals surface area contributed by atoms with Crippen molar-refractivity contribution < 1.29 is 22.7 Å². The van der Waals surface area contributed by atoms with E-state index in [0.717, 1.165) is 51.0 Å². The Labute approximate surface area is 208 Å². The van der Waals surface area contributed by atoms with Gasteiger partial charge in [-0.3, -0.25) is 4.79 Å². The predicted molar refractivity (Wildman–Crippen MR) is 126 cm³/mol. The van der Waals surface area contributed by atoms with Gasteiger partial charge in [-0.2, -0.15) is 23.4 Å². The van der Waals surface area contributed by atoms with Crippen molar-refractivity contribution in [1.82, 2.24) is 29.9 Å². The van der Waals surface area contributed by atoms with Crippen molar-refractivity contribution in [3.63, 3.8) is 0 Å². The molecule has 8 nitrogen and oxygen atoms in total. The number of hydrogen-bond acceptors (Lipinski definition) is 8. The van der Waals surface area contributed by atoms with E-state index in [9.17, 15) is 18.0 Å². The molecule has 0 N–H and O–H groups in total. The SMILES string of the molecule is COC(CC1CC1)c1c(CC(=O)Cc2cnc(-n3nccn3)c(C(F)(F)F)c2)cnc2sc(C)nc12. The Bertz CT molecular complexity index is 1400. The highest BCUT2D eigenvalue weighted by molar-refractivity contribution is 7.18. The molecule has 1 unspecified atom stereocenters. The maximum atomic E-state index is 13.7. The molecule has 0 aliphatic heterocycles. The number of aromatic nitrogens is 6. The van der Waals surface area contributed by atoms with E-state index in [1.807, 2.05) is 6.92 Å².